The van der Waals surface area contributed by atoms with Gasteiger partial charge in [-0.3, -0.25) is 14.4 Å². The molecular weight excluding hydrogens is 546 g/mol. The smallest absolute Gasteiger partial charge is 0.408 e. The van der Waals surface area contributed by atoms with Crippen LogP contribution < -0.4 is 16.8 Å². The van der Waals surface area contributed by atoms with Gasteiger partial charge in [0.1, 0.15) is 17.6 Å². The van der Waals surface area contributed by atoms with Gasteiger partial charge >= 0.3 is 12.1 Å². The zero-order valence-electron chi connectivity index (χ0n) is 24.4. The molecule has 1 fully saturated rings. The van der Waals surface area contributed by atoms with Crippen molar-refractivity contribution in [1.29, 1.82) is 0 Å². The molecule has 43 heavy (non-hydrogen) atoms. The first-order valence-corrected chi connectivity index (χ1v) is 14.6. The van der Waals surface area contributed by atoms with E-state index < -0.39 is 46.7 Å². The van der Waals surface area contributed by atoms with Gasteiger partial charge in [0.2, 0.25) is 0 Å². The highest BCUT2D eigenvalue weighted by molar-refractivity contribution is 6.17. The maximum atomic E-state index is 14.8. The van der Waals surface area contributed by atoms with Crippen LogP contribution in [0.4, 0.5) is 4.79 Å². The number of esters is 1. The summed E-state index contributed by atoms with van der Waals surface area (Å²) in [6.07, 6.45) is -0.287. The van der Waals surface area contributed by atoms with Crippen LogP contribution in [0.15, 0.2) is 91.0 Å². The van der Waals surface area contributed by atoms with Crippen molar-refractivity contribution in [2.75, 3.05) is 6.61 Å². The van der Waals surface area contributed by atoms with Crippen molar-refractivity contribution in [1.82, 2.24) is 5.32 Å². The number of hydrogen-bond donors (Lipinski definition) is 3. The van der Waals surface area contributed by atoms with Gasteiger partial charge < -0.3 is 26.3 Å². The first-order chi connectivity index (χ1) is 20.7. The average Bonchev–Trinajstić information content (AvgIpc) is 3.39. The highest BCUT2D eigenvalue weighted by atomic mass is 16.5. The number of nitrogens with two attached hydrogens (primary N) is 2. The van der Waals surface area contributed by atoms with Crippen LogP contribution in [-0.2, 0) is 43.3 Å². The zero-order valence-corrected chi connectivity index (χ0v) is 24.4. The van der Waals surface area contributed by atoms with Crippen LogP contribution in [-0.4, -0.2) is 47.9 Å². The predicted octanol–water partition coefficient (Wildman–Crippen LogP) is 3.66. The van der Waals surface area contributed by atoms with Gasteiger partial charge in [-0.1, -0.05) is 91.0 Å². The number of nitrogens with one attached hydrogen (secondary N) is 1. The molecule has 3 aromatic rings. The van der Waals surface area contributed by atoms with Gasteiger partial charge in [-0.15, -0.1) is 0 Å². The SMILES string of the molecule is CCOC(=O)C1(N)CCCC1(C(=O)C(N)Cc1ccccc1)C(=O)C(Cc1ccccc1)NC(=O)OCc1ccccc1. The van der Waals surface area contributed by atoms with Crippen LogP contribution in [0.5, 0.6) is 0 Å². The second kappa shape index (κ2) is 14.2. The number of carbonyl (C=O) groups is 4. The Balaban J connectivity index is 1.71. The summed E-state index contributed by atoms with van der Waals surface area (Å²) in [5.41, 5.74) is 11.6. The van der Waals surface area contributed by atoms with Crippen molar-refractivity contribution >= 4 is 23.6 Å². The normalized spacial score (nSPS) is 20.9. The van der Waals surface area contributed by atoms with Crippen molar-refractivity contribution in [3.8, 4) is 0 Å². The molecule has 0 heterocycles. The molecular formula is C34H39N3O6. The van der Waals surface area contributed by atoms with Crippen molar-refractivity contribution in [2.24, 2.45) is 16.9 Å². The molecule has 9 heteroatoms. The van der Waals surface area contributed by atoms with Gasteiger partial charge in [-0.25, -0.2) is 4.79 Å². The fourth-order valence-corrected chi connectivity index (χ4v) is 5.95. The summed E-state index contributed by atoms with van der Waals surface area (Å²) in [5.74, 6) is -2.17. The third-order valence-electron chi connectivity index (χ3n) is 8.10. The number of benzene rings is 3. The minimum Gasteiger partial charge on any atom is -0.465 e. The minimum atomic E-state index is -2.03. The van der Waals surface area contributed by atoms with Crippen LogP contribution in [0.3, 0.4) is 0 Å². The molecule has 1 saturated carbocycles. The summed E-state index contributed by atoms with van der Waals surface area (Å²) in [6, 6.07) is 25.0. The Morgan fingerprint density at radius 2 is 1.30 bits per heavy atom. The molecule has 1 amide bonds. The lowest BCUT2D eigenvalue weighted by Gasteiger charge is -2.42. The molecule has 4 unspecified atom stereocenters. The average molecular weight is 586 g/mol. The zero-order chi connectivity index (χ0) is 30.9. The van der Waals surface area contributed by atoms with E-state index in [1.165, 1.54) is 0 Å². The van der Waals surface area contributed by atoms with Crippen LogP contribution in [0.25, 0.3) is 0 Å². The van der Waals surface area contributed by atoms with Gasteiger partial charge in [0.25, 0.3) is 0 Å². The lowest BCUT2D eigenvalue weighted by atomic mass is 9.62. The predicted molar refractivity (Wildman–Crippen MR) is 162 cm³/mol. The van der Waals surface area contributed by atoms with E-state index in [2.05, 4.69) is 5.32 Å². The second-order valence-corrected chi connectivity index (χ2v) is 10.9. The van der Waals surface area contributed by atoms with Gasteiger partial charge in [0.05, 0.1) is 18.7 Å². The Morgan fingerprint density at radius 3 is 1.86 bits per heavy atom. The summed E-state index contributed by atoms with van der Waals surface area (Å²) < 4.78 is 10.8. The molecule has 0 spiro atoms. The van der Waals surface area contributed by atoms with Crippen LogP contribution in [0, 0.1) is 5.41 Å². The number of hydrogen-bond acceptors (Lipinski definition) is 8. The molecule has 4 rings (SSSR count). The van der Waals surface area contributed by atoms with E-state index in [9.17, 15) is 19.2 Å². The van der Waals surface area contributed by atoms with Crippen molar-refractivity contribution in [3.63, 3.8) is 0 Å². The number of ketones is 2. The van der Waals surface area contributed by atoms with Crippen molar-refractivity contribution in [3.05, 3.63) is 108 Å². The number of rotatable bonds is 13. The third kappa shape index (κ3) is 7.01. The quantitative estimate of drug-likeness (QED) is 0.203. The molecule has 226 valence electrons. The molecule has 0 saturated heterocycles. The number of ether oxygens (including phenoxy) is 2. The molecule has 5 N–H and O–H groups in total. The summed E-state index contributed by atoms with van der Waals surface area (Å²) in [6.45, 7) is 1.63. The fraction of sp³-hybridized carbons (Fsp3) is 0.353. The molecule has 9 nitrogen and oxygen atoms in total. The Hall–Kier alpha value is -4.34. The van der Waals surface area contributed by atoms with E-state index in [4.69, 9.17) is 20.9 Å². The maximum Gasteiger partial charge on any atom is 0.408 e. The molecule has 4 atom stereocenters. The van der Waals surface area contributed by atoms with Gasteiger partial charge in [0, 0.05) is 0 Å². The van der Waals surface area contributed by atoms with E-state index in [0.717, 1.165) is 16.7 Å². The Kier molecular flexibility index (Phi) is 10.4. The second-order valence-electron chi connectivity index (χ2n) is 10.9. The number of Topliss-reactive ketones (excluding diaryl/α,β-unsaturated/α-hetero) is 2. The molecule has 0 aromatic heterocycles. The lowest BCUT2D eigenvalue weighted by molar-refractivity contribution is -0.163. The lowest BCUT2D eigenvalue weighted by Crippen LogP contribution is -2.70. The Labute approximate surface area is 251 Å². The topological polar surface area (TPSA) is 151 Å². The van der Waals surface area contributed by atoms with E-state index in [-0.39, 0.29) is 38.9 Å². The highest BCUT2D eigenvalue weighted by Gasteiger charge is 2.67. The monoisotopic (exact) mass is 585 g/mol. The van der Waals surface area contributed by atoms with Gasteiger partial charge in [-0.2, -0.15) is 0 Å². The molecule has 1 aliphatic carbocycles. The largest absolute Gasteiger partial charge is 0.465 e. The van der Waals surface area contributed by atoms with Gasteiger partial charge in [-0.05, 0) is 55.7 Å². The van der Waals surface area contributed by atoms with Crippen molar-refractivity contribution in [2.45, 2.75) is 63.3 Å². The minimum absolute atomic E-state index is 0.00545. The molecule has 0 bridgehead atoms. The first kappa shape index (κ1) is 31.6. The van der Waals surface area contributed by atoms with Crippen LogP contribution in [0.2, 0.25) is 0 Å². The summed E-state index contributed by atoms with van der Waals surface area (Å²) in [5, 5.41) is 2.68. The molecule has 0 aliphatic heterocycles. The van der Waals surface area contributed by atoms with E-state index in [1.54, 1.807) is 6.92 Å². The van der Waals surface area contributed by atoms with Crippen LogP contribution in [0.1, 0.15) is 42.9 Å². The fourth-order valence-electron chi connectivity index (χ4n) is 5.95. The third-order valence-corrected chi connectivity index (χ3v) is 8.10. The molecule has 3 aromatic carbocycles. The highest BCUT2D eigenvalue weighted by Crippen LogP contribution is 2.49. The Morgan fingerprint density at radius 1 is 0.767 bits per heavy atom. The van der Waals surface area contributed by atoms with Gasteiger partial charge in [0.15, 0.2) is 11.6 Å². The summed E-state index contributed by atoms with van der Waals surface area (Å²) in [7, 11) is 0. The maximum absolute atomic E-state index is 14.8. The molecule has 0 radical (unpaired) electrons. The number of amides is 1. The number of carbonyl (C=O) groups excluding carboxylic acids is 4. The summed E-state index contributed by atoms with van der Waals surface area (Å²) >= 11 is 0. The van der Waals surface area contributed by atoms with Crippen molar-refractivity contribution < 1.29 is 28.7 Å². The number of alkyl carbamates (subject to hydrolysis) is 1. The Bertz CT molecular complexity index is 1400. The van der Waals surface area contributed by atoms with E-state index in [0.29, 0.717) is 6.42 Å². The molecule has 1 aliphatic rings. The summed E-state index contributed by atoms with van der Waals surface area (Å²) in [4.78, 5) is 55.7. The van der Waals surface area contributed by atoms with E-state index in [1.807, 2.05) is 91.0 Å². The van der Waals surface area contributed by atoms with E-state index >= 15 is 0 Å². The standard InChI is InChI=1S/C34H39N3O6/c1-2-42-31(40)34(36)20-12-19-33(34,29(38)27(35)21-24-13-6-3-7-14-24)30(39)28(22-25-15-8-4-9-16-25)37-32(41)43-23-26-17-10-5-11-18-26/h3-11,13-18,27-28H,2,12,19-23,35-36H2,1H3,(H,37,41). The first-order valence-electron chi connectivity index (χ1n) is 14.6. The van der Waals surface area contributed by atoms with Crippen LogP contribution >= 0.6 is 0 Å².